The number of hydrogen-bond donors (Lipinski definition) is 4. The number of aromatic amines is 1. The number of fused-ring (bicyclic) bond motifs is 1. The van der Waals surface area contributed by atoms with E-state index >= 15 is 0 Å². The van der Waals surface area contributed by atoms with Crippen molar-refractivity contribution in [2.75, 3.05) is 18.5 Å². The minimum Gasteiger partial charge on any atom is -0.466 e. The first kappa shape index (κ1) is 18.3. The Balaban J connectivity index is 1.65. The third-order valence-corrected chi connectivity index (χ3v) is 4.24. The maximum Gasteiger partial charge on any atom is 0.257 e. The third kappa shape index (κ3) is 3.53. The fraction of sp³-hybridized carbons (Fsp3) is 0.333. The van der Waals surface area contributed by atoms with Crippen molar-refractivity contribution in [1.29, 1.82) is 5.26 Å². The molecule has 2 atom stereocenters. The third-order valence-electron chi connectivity index (χ3n) is 4.24. The van der Waals surface area contributed by atoms with Crippen molar-refractivity contribution in [2.24, 2.45) is 0 Å². The highest BCUT2D eigenvalue weighted by atomic mass is 16.6. The zero-order chi connectivity index (χ0) is 19.9. The predicted octanol–water partition coefficient (Wildman–Crippen LogP) is -2.27. The second kappa shape index (κ2) is 6.83. The van der Waals surface area contributed by atoms with E-state index in [1.54, 1.807) is 34.2 Å². The number of H-pyrrole nitrogens is 1. The molecule has 0 aliphatic carbocycles. The maximum absolute atomic E-state index is 10.3. The number of nitrogens with one attached hydrogen (secondary N) is 2. The number of nitriles is 1. The lowest BCUT2D eigenvalue weighted by molar-refractivity contribution is 0.0677. The van der Waals surface area contributed by atoms with Gasteiger partial charge in [0.05, 0.1) is 24.9 Å². The van der Waals surface area contributed by atoms with Crippen LogP contribution in [-0.2, 0) is 10.3 Å². The van der Waals surface area contributed by atoms with E-state index < -0.39 is 17.7 Å². The Morgan fingerprint density at radius 1 is 1.46 bits per heavy atom. The molecule has 1 aliphatic heterocycles. The molecule has 4 heterocycles. The standard InChI is InChI=1S/C15H17B2N7O4/c16-15(17,26)24-4-9(13(23-24)28-11-6-27-5-10(11)25)21-14-19-3-7-1-8(2-18)20-12(7)22-14/h1,3-4,10-11,25-26H,5-6,16-17H2,(H2,19,20,21,22)/t10?,11-/m1/s1. The minimum absolute atomic E-state index is 0.171. The van der Waals surface area contributed by atoms with Crippen LogP contribution < -0.4 is 10.1 Å². The summed E-state index contributed by atoms with van der Waals surface area (Å²) in [5.74, 6) is 0.423. The van der Waals surface area contributed by atoms with Gasteiger partial charge in [-0.1, -0.05) is 0 Å². The molecule has 11 nitrogen and oxygen atoms in total. The summed E-state index contributed by atoms with van der Waals surface area (Å²) in [6, 6.07) is 3.67. The van der Waals surface area contributed by atoms with Gasteiger partial charge in [0.2, 0.25) is 5.95 Å². The Morgan fingerprint density at radius 3 is 2.96 bits per heavy atom. The van der Waals surface area contributed by atoms with Gasteiger partial charge in [-0.05, 0) is 6.07 Å². The quantitative estimate of drug-likeness (QED) is 0.359. The van der Waals surface area contributed by atoms with E-state index in [2.05, 4.69) is 25.4 Å². The van der Waals surface area contributed by atoms with Crippen LogP contribution in [0.25, 0.3) is 11.0 Å². The molecular weight excluding hydrogens is 364 g/mol. The monoisotopic (exact) mass is 381 g/mol. The molecule has 0 bridgehead atoms. The molecule has 3 aromatic heterocycles. The smallest absolute Gasteiger partial charge is 0.257 e. The molecule has 13 heteroatoms. The lowest BCUT2D eigenvalue weighted by Crippen LogP contribution is -2.35. The Kier molecular flexibility index (Phi) is 4.46. The highest BCUT2D eigenvalue weighted by Gasteiger charge is 2.31. The average Bonchev–Trinajstić information content (AvgIpc) is 3.34. The van der Waals surface area contributed by atoms with Crippen LogP contribution in [0.15, 0.2) is 18.5 Å². The molecule has 0 saturated carbocycles. The van der Waals surface area contributed by atoms with E-state index in [0.29, 0.717) is 22.4 Å². The SMILES string of the molecule is BC(B)(O)n1cc(Nc2ncc3cc(C#N)[nH]c3n2)c(O[C@@H]2COCC2O)n1. The Labute approximate surface area is 161 Å². The lowest BCUT2D eigenvalue weighted by Gasteiger charge is -2.18. The van der Waals surface area contributed by atoms with Crippen molar-refractivity contribution in [1.82, 2.24) is 24.7 Å². The van der Waals surface area contributed by atoms with Gasteiger partial charge < -0.3 is 30.0 Å². The summed E-state index contributed by atoms with van der Waals surface area (Å²) >= 11 is 0. The highest BCUT2D eigenvalue weighted by molar-refractivity contribution is 6.36. The Bertz CT molecular complexity index is 1060. The summed E-state index contributed by atoms with van der Waals surface area (Å²) < 4.78 is 12.3. The summed E-state index contributed by atoms with van der Waals surface area (Å²) in [7, 11) is 3.15. The van der Waals surface area contributed by atoms with E-state index in [0.717, 1.165) is 0 Å². The maximum atomic E-state index is 10.3. The summed E-state index contributed by atoms with van der Waals surface area (Å²) in [6.07, 6.45) is 1.80. The molecule has 142 valence electrons. The van der Waals surface area contributed by atoms with Crippen LogP contribution in [0, 0.1) is 11.3 Å². The highest BCUT2D eigenvalue weighted by Crippen LogP contribution is 2.29. The van der Waals surface area contributed by atoms with E-state index in [1.165, 1.54) is 4.68 Å². The van der Waals surface area contributed by atoms with Gasteiger partial charge in [-0.25, -0.2) is 4.98 Å². The predicted molar refractivity (Wildman–Crippen MR) is 103 cm³/mol. The van der Waals surface area contributed by atoms with Crippen LogP contribution in [0.1, 0.15) is 5.69 Å². The normalized spacial score (nSPS) is 19.6. The molecule has 4 N–H and O–H groups in total. The number of ether oxygens (including phenoxy) is 2. The summed E-state index contributed by atoms with van der Waals surface area (Å²) in [4.78, 5) is 11.5. The van der Waals surface area contributed by atoms with Gasteiger partial charge >= 0.3 is 0 Å². The zero-order valence-corrected chi connectivity index (χ0v) is 15.2. The molecule has 1 aliphatic rings. The van der Waals surface area contributed by atoms with Crippen molar-refractivity contribution in [3.63, 3.8) is 0 Å². The molecule has 0 amide bonds. The molecular formula is C15H17B2N7O4. The largest absolute Gasteiger partial charge is 0.466 e. The molecule has 3 aromatic rings. The molecule has 1 fully saturated rings. The van der Waals surface area contributed by atoms with E-state index in [9.17, 15) is 10.2 Å². The number of aliphatic hydroxyl groups is 2. The van der Waals surface area contributed by atoms with Crippen LogP contribution in [0.4, 0.5) is 11.6 Å². The molecule has 4 rings (SSSR count). The molecule has 28 heavy (non-hydrogen) atoms. The number of rotatable bonds is 5. The first-order valence-corrected chi connectivity index (χ1v) is 8.61. The van der Waals surface area contributed by atoms with Gasteiger partial charge in [0.15, 0.2) is 21.8 Å². The van der Waals surface area contributed by atoms with E-state index in [4.69, 9.17) is 14.7 Å². The van der Waals surface area contributed by atoms with Crippen molar-refractivity contribution in [2.45, 2.75) is 17.7 Å². The van der Waals surface area contributed by atoms with Crippen LogP contribution in [0.2, 0.25) is 0 Å². The molecule has 0 radical (unpaired) electrons. The Morgan fingerprint density at radius 2 is 2.29 bits per heavy atom. The summed E-state index contributed by atoms with van der Waals surface area (Å²) in [6.45, 7) is 0.422. The number of anilines is 2. The van der Waals surface area contributed by atoms with Gasteiger partial charge in [0, 0.05) is 11.6 Å². The van der Waals surface area contributed by atoms with Gasteiger partial charge in [0.1, 0.15) is 29.2 Å². The van der Waals surface area contributed by atoms with Gasteiger partial charge in [-0.3, -0.25) is 4.68 Å². The summed E-state index contributed by atoms with van der Waals surface area (Å²) in [5, 5.41) is 37.1. The van der Waals surface area contributed by atoms with Crippen LogP contribution in [-0.4, -0.2) is 76.1 Å². The minimum atomic E-state index is -1.27. The van der Waals surface area contributed by atoms with E-state index in [1.807, 2.05) is 6.07 Å². The van der Waals surface area contributed by atoms with Crippen LogP contribution in [0.5, 0.6) is 5.88 Å². The average molecular weight is 381 g/mol. The first-order valence-electron chi connectivity index (χ1n) is 8.61. The van der Waals surface area contributed by atoms with Crippen molar-refractivity contribution in [3.8, 4) is 11.9 Å². The Hall–Kier alpha value is -3.07. The zero-order valence-electron chi connectivity index (χ0n) is 15.2. The molecule has 1 saturated heterocycles. The molecule has 0 spiro atoms. The fourth-order valence-corrected chi connectivity index (χ4v) is 2.75. The van der Waals surface area contributed by atoms with Gasteiger partial charge in [0.25, 0.3) is 5.88 Å². The number of aliphatic hydroxyl groups excluding tert-OH is 1. The number of nitrogens with zero attached hydrogens (tertiary/aromatic N) is 5. The van der Waals surface area contributed by atoms with Crippen molar-refractivity contribution >= 4 is 38.4 Å². The molecule has 0 aromatic carbocycles. The van der Waals surface area contributed by atoms with Gasteiger partial charge in [-0.2, -0.15) is 10.2 Å². The number of hydrogen-bond acceptors (Lipinski definition) is 9. The first-order chi connectivity index (χ1) is 13.3. The topological polar surface area (TPSA) is 154 Å². The van der Waals surface area contributed by atoms with Crippen molar-refractivity contribution in [3.05, 3.63) is 24.2 Å². The molecule has 1 unspecified atom stereocenters. The number of aromatic nitrogens is 5. The fourth-order valence-electron chi connectivity index (χ4n) is 2.75. The second-order valence-electron chi connectivity index (χ2n) is 6.97. The lowest BCUT2D eigenvalue weighted by atomic mass is 9.73. The van der Waals surface area contributed by atoms with Crippen LogP contribution >= 0.6 is 0 Å². The van der Waals surface area contributed by atoms with Crippen molar-refractivity contribution < 1.29 is 19.7 Å². The van der Waals surface area contributed by atoms with Crippen LogP contribution in [0.3, 0.4) is 0 Å². The summed E-state index contributed by atoms with van der Waals surface area (Å²) in [5.41, 5.74) is 0.0311. The van der Waals surface area contributed by atoms with E-state index in [-0.39, 0.29) is 25.0 Å². The second-order valence-corrected chi connectivity index (χ2v) is 6.97. The van der Waals surface area contributed by atoms with Gasteiger partial charge in [-0.15, -0.1) is 5.10 Å².